The first-order valence-electron chi connectivity index (χ1n) is 11.3. The van der Waals surface area contributed by atoms with Crippen molar-refractivity contribution < 1.29 is 4.74 Å². The minimum absolute atomic E-state index is 0.970. The number of unbranched alkanes of at least 4 members (excludes halogenated alkanes) is 8. The fraction of sp³-hybridized carbons (Fsp3) is 1.00. The van der Waals surface area contributed by atoms with E-state index in [0.29, 0.717) is 0 Å². The van der Waals surface area contributed by atoms with Gasteiger partial charge in [-0.2, -0.15) is 0 Å². The molecule has 152 valence electrons. The Morgan fingerprint density at radius 2 is 0.760 bits per heavy atom. The lowest BCUT2D eigenvalue weighted by Crippen LogP contribution is -2.23. The fourth-order valence-electron chi connectivity index (χ4n) is 3.32. The molecule has 0 atom stereocenters. The Labute approximate surface area is 159 Å². The third-order valence-electron chi connectivity index (χ3n) is 5.31. The number of ether oxygens (including phenoxy) is 1. The summed E-state index contributed by atoms with van der Waals surface area (Å²) in [6.45, 7) is 18.3. The smallest absolute Gasteiger partial charge is 0.0466 e. The zero-order valence-corrected chi connectivity index (χ0v) is 18.0. The van der Waals surface area contributed by atoms with Crippen molar-refractivity contribution in [2.75, 3.05) is 52.5 Å². The first-order chi connectivity index (χ1) is 12.3. The first kappa shape index (κ1) is 24.9. The molecule has 25 heavy (non-hydrogen) atoms. The van der Waals surface area contributed by atoms with E-state index in [0.717, 1.165) is 13.2 Å². The van der Waals surface area contributed by atoms with Gasteiger partial charge in [0.25, 0.3) is 0 Å². The summed E-state index contributed by atoms with van der Waals surface area (Å²) in [5.41, 5.74) is 0. The van der Waals surface area contributed by atoms with E-state index in [1.807, 2.05) is 0 Å². The van der Waals surface area contributed by atoms with Gasteiger partial charge < -0.3 is 14.5 Å². The summed E-state index contributed by atoms with van der Waals surface area (Å²) < 4.78 is 5.78. The van der Waals surface area contributed by atoms with Crippen LogP contribution >= 0.6 is 0 Å². The summed E-state index contributed by atoms with van der Waals surface area (Å²) >= 11 is 0. The van der Waals surface area contributed by atoms with E-state index in [-0.39, 0.29) is 0 Å². The lowest BCUT2D eigenvalue weighted by molar-refractivity contribution is 0.125. The lowest BCUT2D eigenvalue weighted by Gasteiger charge is -2.17. The highest BCUT2D eigenvalue weighted by atomic mass is 16.5. The van der Waals surface area contributed by atoms with Gasteiger partial charge in [0.15, 0.2) is 0 Å². The molecule has 0 aromatic heterocycles. The molecule has 0 aromatic rings. The predicted molar refractivity (Wildman–Crippen MR) is 113 cm³/mol. The van der Waals surface area contributed by atoms with Crippen LogP contribution in [0.25, 0.3) is 0 Å². The number of nitrogens with zero attached hydrogens (tertiary/aromatic N) is 2. The zero-order chi connectivity index (χ0) is 18.6. The maximum atomic E-state index is 5.78. The van der Waals surface area contributed by atoms with Crippen molar-refractivity contribution in [1.82, 2.24) is 9.80 Å². The van der Waals surface area contributed by atoms with Gasteiger partial charge in [0, 0.05) is 13.2 Å². The van der Waals surface area contributed by atoms with E-state index in [2.05, 4.69) is 37.5 Å². The molecule has 0 aromatic carbocycles. The van der Waals surface area contributed by atoms with Crippen molar-refractivity contribution in [2.45, 2.75) is 91.9 Å². The molecule has 0 rings (SSSR count). The van der Waals surface area contributed by atoms with Gasteiger partial charge in [-0.15, -0.1) is 0 Å². The van der Waals surface area contributed by atoms with E-state index in [9.17, 15) is 0 Å². The molecule has 0 radical (unpaired) electrons. The maximum Gasteiger partial charge on any atom is 0.0466 e. The molecule has 0 unspecified atom stereocenters. The van der Waals surface area contributed by atoms with Crippen molar-refractivity contribution in [3.63, 3.8) is 0 Å². The van der Waals surface area contributed by atoms with Crippen LogP contribution in [0.5, 0.6) is 0 Å². The molecule has 0 amide bonds. The highest BCUT2D eigenvalue weighted by molar-refractivity contribution is 4.54. The van der Waals surface area contributed by atoms with Crippen LogP contribution in [0.2, 0.25) is 0 Å². The Balaban J connectivity index is 3.12. The minimum Gasteiger partial charge on any atom is -0.381 e. The lowest BCUT2D eigenvalue weighted by atomic mass is 10.1. The molecular formula is C22H48N2O. The fourth-order valence-corrected chi connectivity index (χ4v) is 3.32. The molecule has 0 aliphatic rings. The summed E-state index contributed by atoms with van der Waals surface area (Å²) in [5, 5.41) is 0. The van der Waals surface area contributed by atoms with E-state index in [4.69, 9.17) is 4.74 Å². The van der Waals surface area contributed by atoms with Crippen LogP contribution in [-0.2, 0) is 4.74 Å². The number of hydrogen-bond acceptors (Lipinski definition) is 3. The van der Waals surface area contributed by atoms with Gasteiger partial charge in [-0.1, -0.05) is 66.2 Å². The Morgan fingerprint density at radius 3 is 1.12 bits per heavy atom. The summed E-state index contributed by atoms with van der Waals surface area (Å²) in [7, 11) is 0. The summed E-state index contributed by atoms with van der Waals surface area (Å²) in [4.78, 5) is 5.04. The van der Waals surface area contributed by atoms with Crippen molar-refractivity contribution in [3.05, 3.63) is 0 Å². The second kappa shape index (κ2) is 20.2. The summed E-state index contributed by atoms with van der Waals surface area (Å²) in [5.74, 6) is 0. The minimum atomic E-state index is 0.970. The SMILES string of the molecule is CCN(CC)CCCCCCCOCCCCCCCN(CC)CC. The Morgan fingerprint density at radius 1 is 0.440 bits per heavy atom. The van der Waals surface area contributed by atoms with Gasteiger partial charge in [0.05, 0.1) is 0 Å². The molecule has 0 heterocycles. The number of rotatable bonds is 20. The van der Waals surface area contributed by atoms with Crippen LogP contribution in [0.1, 0.15) is 91.9 Å². The van der Waals surface area contributed by atoms with Crippen LogP contribution in [0.4, 0.5) is 0 Å². The van der Waals surface area contributed by atoms with Crippen LogP contribution < -0.4 is 0 Å². The molecule has 0 aliphatic heterocycles. The van der Waals surface area contributed by atoms with Crippen molar-refractivity contribution >= 4 is 0 Å². The highest BCUT2D eigenvalue weighted by Crippen LogP contribution is 2.07. The second-order valence-corrected chi connectivity index (χ2v) is 7.20. The summed E-state index contributed by atoms with van der Waals surface area (Å²) in [6.07, 6.45) is 13.4. The van der Waals surface area contributed by atoms with E-state index in [1.54, 1.807) is 0 Å². The van der Waals surface area contributed by atoms with E-state index in [1.165, 1.54) is 103 Å². The summed E-state index contributed by atoms with van der Waals surface area (Å²) in [6, 6.07) is 0. The van der Waals surface area contributed by atoms with Gasteiger partial charge in [-0.05, 0) is 65.0 Å². The molecule has 3 nitrogen and oxygen atoms in total. The third kappa shape index (κ3) is 17.1. The molecule has 0 aliphatic carbocycles. The predicted octanol–water partition coefficient (Wildman–Crippen LogP) is 5.59. The van der Waals surface area contributed by atoms with Crippen LogP contribution in [-0.4, -0.2) is 62.3 Å². The Hall–Kier alpha value is -0.120. The van der Waals surface area contributed by atoms with Crippen LogP contribution in [0.3, 0.4) is 0 Å². The van der Waals surface area contributed by atoms with Gasteiger partial charge in [-0.3, -0.25) is 0 Å². The van der Waals surface area contributed by atoms with Gasteiger partial charge in [0.2, 0.25) is 0 Å². The second-order valence-electron chi connectivity index (χ2n) is 7.20. The molecule has 0 bridgehead atoms. The van der Waals surface area contributed by atoms with Gasteiger partial charge in [0.1, 0.15) is 0 Å². The van der Waals surface area contributed by atoms with E-state index >= 15 is 0 Å². The average Bonchev–Trinajstić information content (AvgIpc) is 2.64. The topological polar surface area (TPSA) is 15.7 Å². The van der Waals surface area contributed by atoms with E-state index < -0.39 is 0 Å². The molecular weight excluding hydrogens is 308 g/mol. The average molecular weight is 357 g/mol. The largest absolute Gasteiger partial charge is 0.381 e. The molecule has 0 fully saturated rings. The van der Waals surface area contributed by atoms with Crippen molar-refractivity contribution in [3.8, 4) is 0 Å². The standard InChI is InChI=1S/C22H48N2O/c1-5-23(6-2)19-15-11-9-13-17-21-25-22-18-14-10-12-16-20-24(7-3)8-4/h5-22H2,1-4H3. The molecule has 0 N–H and O–H groups in total. The third-order valence-corrected chi connectivity index (χ3v) is 5.31. The quantitative estimate of drug-likeness (QED) is 0.265. The Bertz CT molecular complexity index is 216. The van der Waals surface area contributed by atoms with Gasteiger partial charge >= 0.3 is 0 Å². The van der Waals surface area contributed by atoms with Crippen molar-refractivity contribution in [1.29, 1.82) is 0 Å². The molecule has 0 spiro atoms. The van der Waals surface area contributed by atoms with Crippen LogP contribution in [0.15, 0.2) is 0 Å². The molecule has 0 saturated heterocycles. The normalized spacial score (nSPS) is 11.8. The van der Waals surface area contributed by atoms with Gasteiger partial charge in [-0.25, -0.2) is 0 Å². The first-order valence-corrected chi connectivity index (χ1v) is 11.3. The Kier molecular flexibility index (Phi) is 20.1. The zero-order valence-electron chi connectivity index (χ0n) is 18.0. The highest BCUT2D eigenvalue weighted by Gasteiger charge is 1.99. The van der Waals surface area contributed by atoms with Crippen LogP contribution in [0, 0.1) is 0 Å². The monoisotopic (exact) mass is 356 g/mol. The maximum absolute atomic E-state index is 5.78. The molecule has 3 heteroatoms. The number of hydrogen-bond donors (Lipinski definition) is 0. The van der Waals surface area contributed by atoms with Crippen molar-refractivity contribution in [2.24, 2.45) is 0 Å². The molecule has 0 saturated carbocycles.